The van der Waals surface area contributed by atoms with Crippen LogP contribution < -0.4 is 5.32 Å². The van der Waals surface area contributed by atoms with Gasteiger partial charge in [-0.3, -0.25) is 4.79 Å². The number of benzene rings is 2. The summed E-state index contributed by atoms with van der Waals surface area (Å²) in [5, 5.41) is 2.92. The van der Waals surface area contributed by atoms with Crippen LogP contribution in [-0.4, -0.2) is 31.2 Å². The lowest BCUT2D eigenvalue weighted by Gasteiger charge is -2.21. The Hall–Kier alpha value is -2.18. The molecule has 27 heavy (non-hydrogen) atoms. The molecule has 5 nitrogen and oxygen atoms in total. The molecule has 2 aromatic rings. The average Bonchev–Trinajstić information content (AvgIpc) is 2.66. The van der Waals surface area contributed by atoms with Gasteiger partial charge in [0.15, 0.2) is 0 Å². The summed E-state index contributed by atoms with van der Waals surface area (Å²) in [5.74, 6) is -0.115. The fraction of sp³-hybridized carbons (Fsp3) is 0.381. The second-order valence-corrected chi connectivity index (χ2v) is 8.66. The van der Waals surface area contributed by atoms with Crippen LogP contribution >= 0.6 is 0 Å². The number of amides is 1. The predicted molar refractivity (Wildman–Crippen MR) is 108 cm³/mol. The third kappa shape index (κ3) is 5.40. The van der Waals surface area contributed by atoms with Gasteiger partial charge in [-0.25, -0.2) is 8.42 Å². The molecule has 0 aromatic heterocycles. The minimum atomic E-state index is -3.56. The Labute approximate surface area is 162 Å². The fourth-order valence-electron chi connectivity index (χ4n) is 2.60. The lowest BCUT2D eigenvalue weighted by molar-refractivity contribution is 0.0939. The molecule has 1 atom stereocenters. The SMILES string of the molecule is CC[C@@H](C)NC(=O)c1ccc(CN(CC)S(=O)(=O)c2ccc(C)cc2)cc1. The van der Waals surface area contributed by atoms with E-state index in [2.05, 4.69) is 5.32 Å². The number of aryl methyl sites for hydroxylation is 1. The molecule has 6 heteroatoms. The molecule has 0 fully saturated rings. The van der Waals surface area contributed by atoms with Crippen molar-refractivity contribution < 1.29 is 13.2 Å². The van der Waals surface area contributed by atoms with Crippen LogP contribution in [0.3, 0.4) is 0 Å². The summed E-state index contributed by atoms with van der Waals surface area (Å²) in [6, 6.07) is 14.1. The Kier molecular flexibility index (Phi) is 7.16. The van der Waals surface area contributed by atoms with Gasteiger partial charge in [0.25, 0.3) is 5.91 Å². The summed E-state index contributed by atoms with van der Waals surface area (Å²) in [6.45, 7) is 8.35. The monoisotopic (exact) mass is 388 g/mol. The highest BCUT2D eigenvalue weighted by Crippen LogP contribution is 2.19. The number of rotatable bonds is 8. The molecule has 1 amide bonds. The normalized spacial score (nSPS) is 12.8. The maximum Gasteiger partial charge on any atom is 0.251 e. The van der Waals surface area contributed by atoms with Crippen molar-refractivity contribution >= 4 is 15.9 Å². The fourth-order valence-corrected chi connectivity index (χ4v) is 4.04. The van der Waals surface area contributed by atoms with Crippen molar-refractivity contribution in [2.24, 2.45) is 0 Å². The van der Waals surface area contributed by atoms with Crippen molar-refractivity contribution in [1.29, 1.82) is 0 Å². The first-order valence-corrected chi connectivity index (χ1v) is 10.7. The van der Waals surface area contributed by atoms with E-state index in [1.54, 1.807) is 48.5 Å². The van der Waals surface area contributed by atoms with Gasteiger partial charge in [-0.2, -0.15) is 4.31 Å². The number of nitrogens with one attached hydrogen (secondary N) is 1. The molecule has 0 aliphatic rings. The van der Waals surface area contributed by atoms with Crippen LogP contribution in [0.5, 0.6) is 0 Å². The Morgan fingerprint density at radius 2 is 1.63 bits per heavy atom. The summed E-state index contributed by atoms with van der Waals surface area (Å²) >= 11 is 0. The number of sulfonamides is 1. The zero-order valence-corrected chi connectivity index (χ0v) is 17.2. The number of hydrogen-bond donors (Lipinski definition) is 1. The van der Waals surface area contributed by atoms with E-state index in [1.807, 2.05) is 27.7 Å². The molecular weight excluding hydrogens is 360 g/mol. The smallest absolute Gasteiger partial charge is 0.251 e. The summed E-state index contributed by atoms with van der Waals surface area (Å²) in [5.41, 5.74) is 2.43. The number of carbonyl (C=O) groups is 1. The van der Waals surface area contributed by atoms with Crippen molar-refractivity contribution in [3.8, 4) is 0 Å². The third-order valence-electron chi connectivity index (χ3n) is 4.58. The Morgan fingerprint density at radius 3 is 2.15 bits per heavy atom. The minimum Gasteiger partial charge on any atom is -0.350 e. The van der Waals surface area contributed by atoms with Crippen LogP contribution in [-0.2, 0) is 16.6 Å². The molecule has 0 saturated heterocycles. The van der Waals surface area contributed by atoms with Gasteiger partial charge in [-0.1, -0.05) is 43.7 Å². The van der Waals surface area contributed by atoms with E-state index >= 15 is 0 Å². The molecule has 0 aliphatic heterocycles. The Bertz CT molecular complexity index is 859. The van der Waals surface area contributed by atoms with E-state index < -0.39 is 10.0 Å². The molecule has 0 radical (unpaired) electrons. The minimum absolute atomic E-state index is 0.115. The van der Waals surface area contributed by atoms with Crippen LogP contribution in [0.2, 0.25) is 0 Å². The second-order valence-electron chi connectivity index (χ2n) is 6.72. The summed E-state index contributed by atoms with van der Waals surface area (Å²) in [6.07, 6.45) is 0.867. The van der Waals surface area contributed by atoms with Crippen molar-refractivity contribution in [2.75, 3.05) is 6.54 Å². The van der Waals surface area contributed by atoms with Gasteiger partial charge in [-0.15, -0.1) is 0 Å². The molecule has 0 unspecified atom stereocenters. The van der Waals surface area contributed by atoms with Gasteiger partial charge in [0, 0.05) is 24.7 Å². The van der Waals surface area contributed by atoms with Crippen LogP contribution in [0.25, 0.3) is 0 Å². The topological polar surface area (TPSA) is 66.5 Å². The number of nitrogens with zero attached hydrogens (tertiary/aromatic N) is 1. The van der Waals surface area contributed by atoms with E-state index in [-0.39, 0.29) is 18.5 Å². The van der Waals surface area contributed by atoms with Crippen molar-refractivity contribution in [1.82, 2.24) is 9.62 Å². The second kappa shape index (κ2) is 9.15. The van der Waals surface area contributed by atoms with Crippen molar-refractivity contribution in [2.45, 2.75) is 51.6 Å². The first kappa shape index (κ1) is 21.1. The van der Waals surface area contributed by atoms with Gasteiger partial charge in [-0.05, 0) is 50.1 Å². The van der Waals surface area contributed by atoms with Crippen LogP contribution in [0.4, 0.5) is 0 Å². The van der Waals surface area contributed by atoms with Crippen LogP contribution in [0, 0.1) is 6.92 Å². The summed E-state index contributed by atoms with van der Waals surface area (Å²) in [4.78, 5) is 12.4. The van der Waals surface area contributed by atoms with Crippen molar-refractivity contribution in [3.63, 3.8) is 0 Å². The highest BCUT2D eigenvalue weighted by molar-refractivity contribution is 7.89. The van der Waals surface area contributed by atoms with Gasteiger partial charge in [0.2, 0.25) is 10.0 Å². The molecule has 2 aromatic carbocycles. The van der Waals surface area contributed by atoms with Gasteiger partial charge in [0.05, 0.1) is 4.90 Å². The number of carbonyl (C=O) groups excluding carboxylic acids is 1. The highest BCUT2D eigenvalue weighted by Gasteiger charge is 2.23. The van der Waals surface area contributed by atoms with Gasteiger partial charge in [0.1, 0.15) is 0 Å². The van der Waals surface area contributed by atoms with Gasteiger partial charge < -0.3 is 5.32 Å². The Balaban J connectivity index is 2.14. The summed E-state index contributed by atoms with van der Waals surface area (Å²) < 4.78 is 27.2. The van der Waals surface area contributed by atoms with E-state index in [1.165, 1.54) is 4.31 Å². The first-order valence-electron chi connectivity index (χ1n) is 9.24. The molecule has 0 bridgehead atoms. The van der Waals surface area contributed by atoms with E-state index in [0.29, 0.717) is 17.0 Å². The van der Waals surface area contributed by atoms with Crippen LogP contribution in [0.15, 0.2) is 53.4 Å². The largest absolute Gasteiger partial charge is 0.350 e. The standard InChI is InChI=1S/C21H28N2O3S/c1-5-17(4)22-21(24)19-11-9-18(10-12-19)15-23(6-2)27(25,26)20-13-7-16(3)8-14-20/h7-14,17H,5-6,15H2,1-4H3,(H,22,24)/t17-/m1/s1. The highest BCUT2D eigenvalue weighted by atomic mass is 32.2. The molecular formula is C21H28N2O3S. The lowest BCUT2D eigenvalue weighted by atomic mass is 10.1. The van der Waals surface area contributed by atoms with Gasteiger partial charge >= 0.3 is 0 Å². The molecule has 146 valence electrons. The van der Waals surface area contributed by atoms with Crippen LogP contribution in [0.1, 0.15) is 48.7 Å². The molecule has 0 aliphatic carbocycles. The predicted octanol–water partition coefficient (Wildman–Crippen LogP) is 3.73. The van der Waals surface area contributed by atoms with E-state index in [4.69, 9.17) is 0 Å². The lowest BCUT2D eigenvalue weighted by Crippen LogP contribution is -2.32. The molecule has 0 saturated carbocycles. The zero-order chi connectivity index (χ0) is 20.0. The maximum absolute atomic E-state index is 12.9. The van der Waals surface area contributed by atoms with Crippen molar-refractivity contribution in [3.05, 3.63) is 65.2 Å². The first-order chi connectivity index (χ1) is 12.8. The molecule has 2 rings (SSSR count). The average molecular weight is 389 g/mol. The maximum atomic E-state index is 12.9. The molecule has 0 spiro atoms. The zero-order valence-electron chi connectivity index (χ0n) is 16.4. The number of hydrogen-bond acceptors (Lipinski definition) is 3. The van der Waals surface area contributed by atoms with E-state index in [0.717, 1.165) is 17.5 Å². The van der Waals surface area contributed by atoms with E-state index in [9.17, 15) is 13.2 Å². The quantitative estimate of drug-likeness (QED) is 0.749. The molecule has 1 N–H and O–H groups in total. The molecule has 0 heterocycles. The third-order valence-corrected chi connectivity index (χ3v) is 6.51. The Morgan fingerprint density at radius 1 is 1.04 bits per heavy atom. The summed E-state index contributed by atoms with van der Waals surface area (Å²) in [7, 11) is -3.56.